The Morgan fingerprint density at radius 2 is 1.48 bits per heavy atom. The molecule has 0 aliphatic rings. The monoisotopic (exact) mass is 419 g/mol. The highest BCUT2D eigenvalue weighted by Gasteiger charge is 2.13. The van der Waals surface area contributed by atoms with Gasteiger partial charge >= 0.3 is 0 Å². The molecule has 0 aliphatic heterocycles. The van der Waals surface area contributed by atoms with E-state index in [2.05, 4.69) is 16.0 Å². The van der Waals surface area contributed by atoms with Crippen LogP contribution in [0.4, 0.5) is 17.1 Å². The first-order chi connectivity index (χ1) is 15.0. The fourth-order valence-electron chi connectivity index (χ4n) is 2.97. The third-order valence-electron chi connectivity index (χ3n) is 4.59. The van der Waals surface area contributed by atoms with E-state index in [1.54, 1.807) is 49.6 Å². The molecular weight excluding hydrogens is 394 g/mol. The Labute approximate surface area is 181 Å². The van der Waals surface area contributed by atoms with Gasteiger partial charge in [0.05, 0.1) is 26.3 Å². The molecule has 3 aromatic rings. The molecule has 0 fully saturated rings. The standard InChI is InChI=1S/C24H25N3O4/c1-16-8-10-17(11-9-16)27-24(29)19-6-4-5-7-20(19)25-15-23(28)26-18-12-13-21(30-2)22(14-18)31-3/h4-14,25H,15H2,1-3H3,(H,26,28)(H,27,29). The van der Waals surface area contributed by atoms with Crippen LogP contribution in [0, 0.1) is 6.92 Å². The zero-order chi connectivity index (χ0) is 22.2. The Kier molecular flexibility index (Phi) is 7.11. The van der Waals surface area contributed by atoms with Crippen LogP contribution in [0.5, 0.6) is 11.5 Å². The van der Waals surface area contributed by atoms with Crippen molar-refractivity contribution in [3.05, 3.63) is 77.9 Å². The number of hydrogen-bond acceptors (Lipinski definition) is 5. The maximum Gasteiger partial charge on any atom is 0.257 e. The van der Waals surface area contributed by atoms with E-state index >= 15 is 0 Å². The lowest BCUT2D eigenvalue weighted by atomic mass is 10.1. The second kappa shape index (κ2) is 10.2. The molecular formula is C24H25N3O4. The molecule has 0 aliphatic carbocycles. The van der Waals surface area contributed by atoms with Gasteiger partial charge < -0.3 is 25.4 Å². The zero-order valence-electron chi connectivity index (χ0n) is 17.7. The lowest BCUT2D eigenvalue weighted by Crippen LogP contribution is -2.23. The van der Waals surface area contributed by atoms with E-state index < -0.39 is 0 Å². The van der Waals surface area contributed by atoms with Gasteiger partial charge in [0.25, 0.3) is 5.91 Å². The van der Waals surface area contributed by atoms with E-state index in [9.17, 15) is 9.59 Å². The first-order valence-corrected chi connectivity index (χ1v) is 9.73. The number of anilines is 3. The molecule has 0 spiro atoms. The summed E-state index contributed by atoms with van der Waals surface area (Å²) in [6.45, 7) is 1.97. The van der Waals surface area contributed by atoms with Gasteiger partial charge in [-0.2, -0.15) is 0 Å². The van der Waals surface area contributed by atoms with Gasteiger partial charge in [-0.15, -0.1) is 0 Å². The van der Waals surface area contributed by atoms with Gasteiger partial charge in [0.15, 0.2) is 11.5 Å². The SMILES string of the molecule is COc1ccc(NC(=O)CNc2ccccc2C(=O)Nc2ccc(C)cc2)cc1OC. The van der Waals surface area contributed by atoms with Gasteiger partial charge in [-0.25, -0.2) is 0 Å². The number of ether oxygens (including phenoxy) is 2. The molecule has 7 nitrogen and oxygen atoms in total. The number of carbonyl (C=O) groups excluding carboxylic acids is 2. The van der Waals surface area contributed by atoms with Crippen LogP contribution in [-0.4, -0.2) is 32.6 Å². The van der Waals surface area contributed by atoms with E-state index in [1.807, 2.05) is 31.2 Å². The smallest absolute Gasteiger partial charge is 0.257 e. The van der Waals surface area contributed by atoms with E-state index in [0.29, 0.717) is 34.1 Å². The highest BCUT2D eigenvalue weighted by atomic mass is 16.5. The molecule has 160 valence electrons. The van der Waals surface area contributed by atoms with Crippen molar-refractivity contribution >= 4 is 28.9 Å². The number of nitrogens with one attached hydrogen (secondary N) is 3. The van der Waals surface area contributed by atoms with E-state index in [-0.39, 0.29) is 18.4 Å². The van der Waals surface area contributed by atoms with Crippen LogP contribution >= 0.6 is 0 Å². The summed E-state index contributed by atoms with van der Waals surface area (Å²) in [6, 6.07) is 19.7. The van der Waals surface area contributed by atoms with Crippen molar-refractivity contribution in [2.75, 3.05) is 36.7 Å². The topological polar surface area (TPSA) is 88.7 Å². The molecule has 0 radical (unpaired) electrons. The Bertz CT molecular complexity index is 1060. The van der Waals surface area contributed by atoms with Crippen LogP contribution in [0.1, 0.15) is 15.9 Å². The van der Waals surface area contributed by atoms with E-state index in [1.165, 1.54) is 7.11 Å². The Morgan fingerprint density at radius 1 is 0.806 bits per heavy atom. The van der Waals surface area contributed by atoms with E-state index in [4.69, 9.17) is 9.47 Å². The van der Waals surface area contributed by atoms with Crippen molar-refractivity contribution < 1.29 is 19.1 Å². The van der Waals surface area contributed by atoms with Crippen LogP contribution in [0.25, 0.3) is 0 Å². The van der Waals surface area contributed by atoms with Gasteiger partial charge in [0.1, 0.15) is 0 Å². The summed E-state index contributed by atoms with van der Waals surface area (Å²) in [5.41, 5.74) is 3.41. The van der Waals surface area contributed by atoms with Gasteiger partial charge in [0.2, 0.25) is 5.91 Å². The average molecular weight is 419 g/mol. The fraction of sp³-hybridized carbons (Fsp3) is 0.167. The van der Waals surface area contributed by atoms with Gasteiger partial charge in [-0.3, -0.25) is 9.59 Å². The Hall–Kier alpha value is -4.00. The number of hydrogen-bond donors (Lipinski definition) is 3. The zero-order valence-corrected chi connectivity index (χ0v) is 17.7. The van der Waals surface area contributed by atoms with E-state index in [0.717, 1.165) is 5.56 Å². The van der Waals surface area contributed by atoms with Crippen molar-refractivity contribution in [3.63, 3.8) is 0 Å². The summed E-state index contributed by atoms with van der Waals surface area (Å²) >= 11 is 0. The lowest BCUT2D eigenvalue weighted by molar-refractivity contribution is -0.114. The van der Waals surface area contributed by atoms with Gasteiger partial charge in [-0.05, 0) is 43.3 Å². The van der Waals surface area contributed by atoms with Crippen molar-refractivity contribution in [2.45, 2.75) is 6.92 Å². The predicted molar refractivity (Wildman–Crippen MR) is 122 cm³/mol. The van der Waals surface area contributed by atoms with Crippen LogP contribution in [0.3, 0.4) is 0 Å². The third-order valence-corrected chi connectivity index (χ3v) is 4.59. The molecule has 3 aromatic carbocycles. The predicted octanol–water partition coefficient (Wildman–Crippen LogP) is 4.32. The fourth-order valence-corrected chi connectivity index (χ4v) is 2.97. The first kappa shape index (κ1) is 21.7. The molecule has 0 heterocycles. The Balaban J connectivity index is 1.63. The molecule has 2 amide bonds. The number of amides is 2. The molecule has 7 heteroatoms. The number of aryl methyl sites for hydroxylation is 1. The molecule has 0 bridgehead atoms. The summed E-state index contributed by atoms with van der Waals surface area (Å²) < 4.78 is 10.4. The van der Waals surface area contributed by atoms with Gasteiger partial charge in [0, 0.05) is 23.1 Å². The maximum absolute atomic E-state index is 12.7. The molecule has 0 aromatic heterocycles. The first-order valence-electron chi connectivity index (χ1n) is 9.73. The van der Waals surface area contributed by atoms with Crippen molar-refractivity contribution in [2.24, 2.45) is 0 Å². The summed E-state index contributed by atoms with van der Waals surface area (Å²) in [7, 11) is 3.08. The number of para-hydroxylation sites is 1. The third kappa shape index (κ3) is 5.76. The summed E-state index contributed by atoms with van der Waals surface area (Å²) in [4.78, 5) is 25.1. The van der Waals surface area contributed by atoms with Gasteiger partial charge in [-0.1, -0.05) is 29.8 Å². The number of rotatable bonds is 8. The average Bonchev–Trinajstić information content (AvgIpc) is 2.79. The maximum atomic E-state index is 12.7. The van der Waals surface area contributed by atoms with Crippen molar-refractivity contribution in [3.8, 4) is 11.5 Å². The summed E-state index contributed by atoms with van der Waals surface area (Å²) in [6.07, 6.45) is 0. The van der Waals surface area contributed by atoms with Crippen molar-refractivity contribution in [1.29, 1.82) is 0 Å². The molecule has 0 saturated heterocycles. The number of carbonyl (C=O) groups is 2. The number of benzene rings is 3. The second-order valence-corrected chi connectivity index (χ2v) is 6.84. The minimum Gasteiger partial charge on any atom is -0.493 e. The normalized spacial score (nSPS) is 10.2. The number of methoxy groups -OCH3 is 2. The largest absolute Gasteiger partial charge is 0.493 e. The molecule has 0 atom stereocenters. The highest BCUT2D eigenvalue weighted by Crippen LogP contribution is 2.29. The molecule has 3 N–H and O–H groups in total. The quantitative estimate of drug-likeness (QED) is 0.506. The minimum atomic E-state index is -0.263. The van der Waals surface area contributed by atoms with Crippen LogP contribution in [0.15, 0.2) is 66.7 Å². The molecule has 31 heavy (non-hydrogen) atoms. The van der Waals surface area contributed by atoms with Crippen LogP contribution < -0.4 is 25.4 Å². The highest BCUT2D eigenvalue weighted by molar-refractivity contribution is 6.08. The van der Waals surface area contributed by atoms with Crippen LogP contribution in [0.2, 0.25) is 0 Å². The summed E-state index contributed by atoms with van der Waals surface area (Å²) in [5, 5.41) is 8.70. The Morgan fingerprint density at radius 3 is 2.19 bits per heavy atom. The van der Waals surface area contributed by atoms with Crippen LogP contribution in [-0.2, 0) is 4.79 Å². The second-order valence-electron chi connectivity index (χ2n) is 6.84. The molecule has 0 saturated carbocycles. The minimum absolute atomic E-state index is 0.0107. The van der Waals surface area contributed by atoms with Crippen molar-refractivity contribution in [1.82, 2.24) is 0 Å². The lowest BCUT2D eigenvalue weighted by Gasteiger charge is -2.13. The molecule has 3 rings (SSSR count). The molecule has 0 unspecified atom stereocenters. The summed E-state index contributed by atoms with van der Waals surface area (Å²) in [5.74, 6) is 0.576.